The number of carboxylic acids is 1. The molecule has 2 aromatic rings. The summed E-state index contributed by atoms with van der Waals surface area (Å²) in [5.74, 6) is -1.07. The minimum Gasteiger partial charge on any atom is -0.489 e. The number of benzene rings is 2. The van der Waals surface area contributed by atoms with Crippen molar-refractivity contribution in [1.82, 2.24) is 0 Å². The number of halogens is 1. The second-order valence-corrected chi connectivity index (χ2v) is 4.40. The van der Waals surface area contributed by atoms with Gasteiger partial charge in [0.1, 0.15) is 24.2 Å². The zero-order valence-electron chi connectivity index (χ0n) is 11.0. The van der Waals surface area contributed by atoms with Gasteiger partial charge in [-0.15, -0.1) is 0 Å². The molecule has 106 valence electrons. The number of rotatable bonds is 5. The molecular weight excluding hydrogens is 273 g/mol. The Morgan fingerprint density at radius 1 is 1.29 bits per heavy atom. The van der Waals surface area contributed by atoms with E-state index in [1.54, 1.807) is 36.4 Å². The standard InChI is InChI=1S/C16H12FNO3/c17-16-12(9-18)4-2-5-13(16)10-21-14-6-1-3-11(7-14)8-15(19)20/h1-7H,8,10H2,(H,19,20). The summed E-state index contributed by atoms with van der Waals surface area (Å²) in [5, 5.41) is 17.5. The normalized spacial score (nSPS) is 9.90. The molecule has 0 radical (unpaired) electrons. The number of carboxylic acid groups (broad SMARTS) is 1. The second kappa shape index (κ2) is 6.53. The zero-order chi connectivity index (χ0) is 15.2. The van der Waals surface area contributed by atoms with Crippen molar-refractivity contribution in [3.05, 3.63) is 65.0 Å². The smallest absolute Gasteiger partial charge is 0.307 e. The van der Waals surface area contributed by atoms with Crippen molar-refractivity contribution < 1.29 is 19.0 Å². The lowest BCUT2D eigenvalue weighted by Gasteiger charge is -2.08. The van der Waals surface area contributed by atoms with Crippen LogP contribution in [0.3, 0.4) is 0 Å². The molecule has 5 heteroatoms. The summed E-state index contributed by atoms with van der Waals surface area (Å²) in [6.45, 7) is -0.0299. The van der Waals surface area contributed by atoms with E-state index < -0.39 is 11.8 Å². The Morgan fingerprint density at radius 3 is 2.76 bits per heavy atom. The summed E-state index contributed by atoms with van der Waals surface area (Å²) >= 11 is 0. The van der Waals surface area contributed by atoms with Crippen LogP contribution in [-0.4, -0.2) is 11.1 Å². The maximum absolute atomic E-state index is 13.8. The van der Waals surface area contributed by atoms with Gasteiger partial charge in [0.15, 0.2) is 0 Å². The topological polar surface area (TPSA) is 70.3 Å². The van der Waals surface area contributed by atoms with Gasteiger partial charge in [-0.3, -0.25) is 4.79 Å². The fraction of sp³-hybridized carbons (Fsp3) is 0.125. The molecule has 0 heterocycles. The van der Waals surface area contributed by atoms with Crippen molar-refractivity contribution in [1.29, 1.82) is 5.26 Å². The van der Waals surface area contributed by atoms with Gasteiger partial charge in [0.05, 0.1) is 12.0 Å². The van der Waals surface area contributed by atoms with E-state index in [4.69, 9.17) is 15.1 Å². The molecule has 21 heavy (non-hydrogen) atoms. The highest BCUT2D eigenvalue weighted by Gasteiger charge is 2.08. The van der Waals surface area contributed by atoms with Crippen LogP contribution >= 0.6 is 0 Å². The molecular formula is C16H12FNO3. The zero-order valence-corrected chi connectivity index (χ0v) is 11.0. The number of nitrogens with zero attached hydrogens (tertiary/aromatic N) is 1. The van der Waals surface area contributed by atoms with Crippen LogP contribution in [0.4, 0.5) is 4.39 Å². The van der Waals surface area contributed by atoms with E-state index in [9.17, 15) is 9.18 Å². The molecule has 2 rings (SSSR count). The second-order valence-electron chi connectivity index (χ2n) is 4.40. The summed E-state index contributed by atoms with van der Waals surface area (Å²) in [6.07, 6.45) is -0.102. The van der Waals surface area contributed by atoms with Gasteiger partial charge in [-0.1, -0.05) is 24.3 Å². The number of hydrogen-bond donors (Lipinski definition) is 1. The van der Waals surface area contributed by atoms with Crippen molar-refractivity contribution in [3.8, 4) is 11.8 Å². The molecule has 0 saturated carbocycles. The molecule has 0 amide bonds. The monoisotopic (exact) mass is 285 g/mol. The van der Waals surface area contributed by atoms with E-state index in [-0.39, 0.29) is 24.2 Å². The molecule has 0 spiro atoms. The van der Waals surface area contributed by atoms with E-state index in [1.165, 1.54) is 12.1 Å². The summed E-state index contributed by atoms with van der Waals surface area (Å²) in [4.78, 5) is 10.7. The maximum atomic E-state index is 13.8. The average Bonchev–Trinajstić information content (AvgIpc) is 2.46. The Labute approximate surface area is 121 Å². The fourth-order valence-corrected chi connectivity index (χ4v) is 1.86. The molecule has 0 aromatic heterocycles. The molecule has 0 unspecified atom stereocenters. The van der Waals surface area contributed by atoms with Gasteiger partial charge in [-0.05, 0) is 23.8 Å². The molecule has 0 aliphatic carbocycles. The SMILES string of the molecule is N#Cc1cccc(COc2cccc(CC(=O)O)c2)c1F. The number of aliphatic carboxylic acids is 1. The van der Waals surface area contributed by atoms with Crippen LogP contribution in [-0.2, 0) is 17.8 Å². The van der Waals surface area contributed by atoms with Crippen LogP contribution in [0.2, 0.25) is 0 Å². The molecule has 0 bridgehead atoms. The maximum Gasteiger partial charge on any atom is 0.307 e. The number of carbonyl (C=O) groups is 1. The van der Waals surface area contributed by atoms with Gasteiger partial charge in [0.25, 0.3) is 0 Å². The van der Waals surface area contributed by atoms with Gasteiger partial charge < -0.3 is 9.84 Å². The van der Waals surface area contributed by atoms with Gasteiger partial charge in [0.2, 0.25) is 0 Å². The first-order valence-corrected chi connectivity index (χ1v) is 6.21. The van der Waals surface area contributed by atoms with Crippen molar-refractivity contribution in [2.45, 2.75) is 13.0 Å². The number of ether oxygens (including phenoxy) is 1. The Balaban J connectivity index is 2.10. The van der Waals surface area contributed by atoms with Gasteiger partial charge in [-0.25, -0.2) is 4.39 Å². The molecule has 0 aliphatic rings. The number of nitriles is 1. The first-order chi connectivity index (χ1) is 10.1. The molecule has 0 atom stereocenters. The summed E-state index contributed by atoms with van der Waals surface area (Å²) in [6, 6.07) is 12.9. The highest BCUT2D eigenvalue weighted by Crippen LogP contribution is 2.18. The Morgan fingerprint density at radius 2 is 2.05 bits per heavy atom. The van der Waals surface area contributed by atoms with Crippen molar-refractivity contribution in [2.75, 3.05) is 0 Å². The van der Waals surface area contributed by atoms with Crippen LogP contribution in [0, 0.1) is 17.1 Å². The van der Waals surface area contributed by atoms with Crippen LogP contribution < -0.4 is 4.74 Å². The third-order valence-electron chi connectivity index (χ3n) is 2.85. The average molecular weight is 285 g/mol. The highest BCUT2D eigenvalue weighted by molar-refractivity contribution is 5.70. The summed E-state index contributed by atoms with van der Waals surface area (Å²) < 4.78 is 19.3. The van der Waals surface area contributed by atoms with Crippen LogP contribution in [0.25, 0.3) is 0 Å². The first kappa shape index (κ1) is 14.5. The van der Waals surface area contributed by atoms with Crippen LogP contribution in [0.15, 0.2) is 42.5 Å². The lowest BCUT2D eigenvalue weighted by Crippen LogP contribution is -2.02. The van der Waals surface area contributed by atoms with E-state index in [2.05, 4.69) is 0 Å². The molecule has 2 aromatic carbocycles. The van der Waals surface area contributed by atoms with E-state index in [1.807, 2.05) is 0 Å². The minimum absolute atomic E-state index is 0.0299. The highest BCUT2D eigenvalue weighted by atomic mass is 19.1. The van der Waals surface area contributed by atoms with E-state index in [0.717, 1.165) is 0 Å². The van der Waals surface area contributed by atoms with Crippen molar-refractivity contribution in [2.24, 2.45) is 0 Å². The molecule has 4 nitrogen and oxygen atoms in total. The van der Waals surface area contributed by atoms with E-state index in [0.29, 0.717) is 11.3 Å². The van der Waals surface area contributed by atoms with E-state index >= 15 is 0 Å². The third-order valence-corrected chi connectivity index (χ3v) is 2.85. The predicted molar refractivity (Wildman–Crippen MR) is 73.2 cm³/mol. The Bertz CT molecular complexity index is 707. The lowest BCUT2D eigenvalue weighted by atomic mass is 10.1. The van der Waals surface area contributed by atoms with Gasteiger partial charge in [0, 0.05) is 5.56 Å². The van der Waals surface area contributed by atoms with Crippen LogP contribution in [0.1, 0.15) is 16.7 Å². The van der Waals surface area contributed by atoms with Gasteiger partial charge >= 0.3 is 5.97 Å². The summed E-state index contributed by atoms with van der Waals surface area (Å²) in [5.41, 5.74) is 0.847. The molecule has 0 aliphatic heterocycles. The van der Waals surface area contributed by atoms with Crippen molar-refractivity contribution in [3.63, 3.8) is 0 Å². The molecule has 1 N–H and O–H groups in total. The Hall–Kier alpha value is -2.87. The molecule has 0 saturated heterocycles. The largest absolute Gasteiger partial charge is 0.489 e. The van der Waals surface area contributed by atoms with Crippen LogP contribution in [0.5, 0.6) is 5.75 Å². The number of hydrogen-bond acceptors (Lipinski definition) is 3. The third kappa shape index (κ3) is 3.80. The predicted octanol–water partition coefficient (Wildman–Crippen LogP) is 2.90. The minimum atomic E-state index is -0.931. The molecule has 0 fully saturated rings. The first-order valence-electron chi connectivity index (χ1n) is 6.21. The quantitative estimate of drug-likeness (QED) is 0.917. The summed E-state index contributed by atoms with van der Waals surface area (Å²) in [7, 11) is 0. The Kier molecular flexibility index (Phi) is 4.52. The van der Waals surface area contributed by atoms with Crippen molar-refractivity contribution >= 4 is 5.97 Å². The van der Waals surface area contributed by atoms with Gasteiger partial charge in [-0.2, -0.15) is 5.26 Å². The fourth-order valence-electron chi connectivity index (χ4n) is 1.86. The lowest BCUT2D eigenvalue weighted by molar-refractivity contribution is -0.136.